The fourth-order valence-electron chi connectivity index (χ4n) is 9.54. The van der Waals surface area contributed by atoms with Crippen LogP contribution in [0.1, 0.15) is 82.8 Å². The van der Waals surface area contributed by atoms with Gasteiger partial charge in [0.2, 0.25) is 11.8 Å². The van der Waals surface area contributed by atoms with Crippen LogP contribution in [0.25, 0.3) is 11.6 Å². The molecular weight excluding hydrogens is 747 g/mol. The monoisotopic (exact) mass is 801 g/mol. The number of benzene rings is 3. The zero-order chi connectivity index (χ0) is 40.9. The number of carboxylic acid groups (broad SMARTS) is 1. The van der Waals surface area contributed by atoms with E-state index in [0.717, 1.165) is 22.3 Å². The van der Waals surface area contributed by atoms with Crippen molar-refractivity contribution in [1.29, 1.82) is 0 Å². The molecule has 304 valence electrons. The number of nitrogens with zero attached hydrogens (tertiary/aromatic N) is 1. The lowest BCUT2D eigenvalue weighted by molar-refractivity contribution is -0.141. The van der Waals surface area contributed by atoms with Gasteiger partial charge in [0, 0.05) is 18.9 Å². The maximum absolute atomic E-state index is 14.2. The minimum Gasteiger partial charge on any atom is -0.481 e. The Kier molecular flexibility index (Phi) is 12.8. The van der Waals surface area contributed by atoms with Gasteiger partial charge in [0.15, 0.2) is 0 Å². The van der Waals surface area contributed by atoms with Crippen LogP contribution in [-0.2, 0) is 30.2 Å². The summed E-state index contributed by atoms with van der Waals surface area (Å²) in [5, 5.41) is 20.8. The maximum Gasteiger partial charge on any atom is 0.303 e. The number of furan rings is 1. The molecule has 1 aliphatic carbocycles. The van der Waals surface area contributed by atoms with E-state index < -0.39 is 26.1 Å². The number of rotatable bonds is 17. The first-order valence-corrected chi connectivity index (χ1v) is 22.5. The second kappa shape index (κ2) is 17.9. The van der Waals surface area contributed by atoms with Crippen LogP contribution in [0.3, 0.4) is 0 Å². The lowest BCUT2D eigenvalue weighted by atomic mass is 9.69. The van der Waals surface area contributed by atoms with Crippen molar-refractivity contribution in [3.8, 4) is 0 Å². The smallest absolute Gasteiger partial charge is 0.303 e. The number of aliphatic hydroxyl groups excluding tert-OH is 1. The van der Waals surface area contributed by atoms with Gasteiger partial charge in [-0.3, -0.25) is 19.3 Å². The first kappa shape index (κ1) is 41.3. The minimum atomic E-state index is -2.95. The SMILES string of the molecule is CC(C)(C)[Si](OCC1=C2[C@@H](CC/C(=C/c3ccc(CO)o3)c3ccccc3)OC[C@@H]2[C@@H]2C(=O)N(CCCCCC(=O)O)C(=O)[C@@H]2C1)(c1ccccc1)c1ccccc1. The van der Waals surface area contributed by atoms with Gasteiger partial charge in [-0.15, -0.1) is 0 Å². The first-order chi connectivity index (χ1) is 28.0. The lowest BCUT2D eigenvalue weighted by Gasteiger charge is -2.44. The number of hydrogen-bond acceptors (Lipinski definition) is 7. The van der Waals surface area contributed by atoms with Crippen LogP contribution >= 0.6 is 0 Å². The summed E-state index contributed by atoms with van der Waals surface area (Å²) in [6.07, 6.45) is 5.25. The predicted molar refractivity (Wildman–Crippen MR) is 226 cm³/mol. The molecule has 2 saturated heterocycles. The molecule has 2 aliphatic heterocycles. The van der Waals surface area contributed by atoms with Crippen molar-refractivity contribution >= 4 is 48.1 Å². The molecule has 10 heteroatoms. The molecule has 2 fully saturated rings. The van der Waals surface area contributed by atoms with Gasteiger partial charge >= 0.3 is 5.97 Å². The Morgan fingerprint density at radius 3 is 2.10 bits per heavy atom. The fourth-order valence-corrected chi connectivity index (χ4v) is 14.1. The Bertz CT molecular complexity index is 2080. The average Bonchev–Trinajstić information content (AvgIpc) is 3.93. The second-order valence-corrected chi connectivity index (χ2v) is 21.2. The van der Waals surface area contributed by atoms with Crippen molar-refractivity contribution in [2.24, 2.45) is 17.8 Å². The molecule has 2 amide bonds. The van der Waals surface area contributed by atoms with Crippen LogP contribution in [-0.4, -0.2) is 67.1 Å². The number of allylic oxidation sites excluding steroid dienone is 1. The van der Waals surface area contributed by atoms with E-state index in [1.54, 1.807) is 6.07 Å². The van der Waals surface area contributed by atoms with Crippen molar-refractivity contribution in [2.45, 2.75) is 83.5 Å². The van der Waals surface area contributed by atoms with E-state index in [2.05, 4.69) is 81.4 Å². The molecule has 9 nitrogen and oxygen atoms in total. The fraction of sp³-hybridized carbons (Fsp3) is 0.396. The van der Waals surface area contributed by atoms with E-state index in [0.29, 0.717) is 69.8 Å². The highest BCUT2D eigenvalue weighted by molar-refractivity contribution is 6.99. The highest BCUT2D eigenvalue weighted by Crippen LogP contribution is 2.51. The number of imide groups is 1. The number of carbonyl (C=O) groups is 3. The van der Waals surface area contributed by atoms with Crippen LogP contribution in [0.15, 0.2) is 119 Å². The molecular formula is C48H55NO8Si. The third kappa shape index (κ3) is 8.47. The minimum absolute atomic E-state index is 0.0717. The summed E-state index contributed by atoms with van der Waals surface area (Å²) >= 11 is 0. The summed E-state index contributed by atoms with van der Waals surface area (Å²) < 4.78 is 20.1. The molecule has 0 unspecified atom stereocenters. The van der Waals surface area contributed by atoms with E-state index in [1.165, 1.54) is 15.3 Å². The van der Waals surface area contributed by atoms with Crippen molar-refractivity contribution in [1.82, 2.24) is 4.90 Å². The third-order valence-electron chi connectivity index (χ3n) is 12.2. The van der Waals surface area contributed by atoms with Gasteiger partial charge in [0.1, 0.15) is 18.1 Å². The maximum atomic E-state index is 14.2. The Morgan fingerprint density at radius 1 is 0.845 bits per heavy atom. The van der Waals surface area contributed by atoms with Crippen molar-refractivity contribution in [2.75, 3.05) is 19.8 Å². The topological polar surface area (TPSA) is 127 Å². The van der Waals surface area contributed by atoms with Gasteiger partial charge in [-0.2, -0.15) is 0 Å². The predicted octanol–water partition coefficient (Wildman–Crippen LogP) is 7.63. The molecule has 2 N–H and O–H groups in total. The summed E-state index contributed by atoms with van der Waals surface area (Å²) in [7, 11) is -2.95. The number of carbonyl (C=O) groups excluding carboxylic acids is 2. The van der Waals surface area contributed by atoms with E-state index in [1.807, 2.05) is 42.5 Å². The quantitative estimate of drug-likeness (QED) is 0.0484. The number of aliphatic hydroxyl groups is 1. The lowest BCUT2D eigenvalue weighted by Crippen LogP contribution is -2.66. The second-order valence-electron chi connectivity index (χ2n) is 16.8. The Labute approximate surface area is 342 Å². The third-order valence-corrected chi connectivity index (χ3v) is 17.2. The van der Waals surface area contributed by atoms with E-state index in [4.69, 9.17) is 18.7 Å². The molecule has 7 rings (SSSR count). The highest BCUT2D eigenvalue weighted by Gasteiger charge is 2.57. The first-order valence-electron chi connectivity index (χ1n) is 20.6. The molecule has 3 aromatic carbocycles. The van der Waals surface area contributed by atoms with Crippen LogP contribution in [0, 0.1) is 17.8 Å². The summed E-state index contributed by atoms with van der Waals surface area (Å²) in [6.45, 7) is 7.54. The number of unbranched alkanes of at least 4 members (excludes halogenated alkanes) is 2. The van der Waals surface area contributed by atoms with Crippen molar-refractivity contribution < 1.29 is 38.2 Å². The zero-order valence-electron chi connectivity index (χ0n) is 33.8. The van der Waals surface area contributed by atoms with E-state index in [9.17, 15) is 19.5 Å². The van der Waals surface area contributed by atoms with Gasteiger partial charge in [0.05, 0.1) is 31.2 Å². The molecule has 4 atom stereocenters. The van der Waals surface area contributed by atoms with Gasteiger partial charge in [0.25, 0.3) is 8.32 Å². The number of hydrogen-bond donors (Lipinski definition) is 2. The summed E-state index contributed by atoms with van der Waals surface area (Å²) in [6, 6.07) is 34.9. The Hall–Kier alpha value is -4.87. The summed E-state index contributed by atoms with van der Waals surface area (Å²) in [5.74, 6) is -1.24. The van der Waals surface area contributed by atoms with Gasteiger partial charge in [-0.05, 0) is 88.0 Å². The Balaban J connectivity index is 1.24. The average molecular weight is 802 g/mol. The van der Waals surface area contributed by atoms with Gasteiger partial charge < -0.3 is 23.8 Å². The van der Waals surface area contributed by atoms with Crippen molar-refractivity contribution in [3.05, 3.63) is 131 Å². The number of amides is 2. The summed E-state index contributed by atoms with van der Waals surface area (Å²) in [4.78, 5) is 41.0. The molecule has 0 saturated carbocycles. The zero-order valence-corrected chi connectivity index (χ0v) is 34.8. The van der Waals surface area contributed by atoms with Gasteiger partial charge in [-0.1, -0.05) is 118 Å². The largest absolute Gasteiger partial charge is 0.481 e. The highest BCUT2D eigenvalue weighted by atomic mass is 28.4. The molecule has 3 heterocycles. The Morgan fingerprint density at radius 2 is 1.50 bits per heavy atom. The van der Waals surface area contributed by atoms with Crippen molar-refractivity contribution in [3.63, 3.8) is 0 Å². The van der Waals surface area contributed by atoms with Crippen LogP contribution < -0.4 is 10.4 Å². The molecule has 0 spiro atoms. The summed E-state index contributed by atoms with van der Waals surface area (Å²) in [5.41, 5.74) is 4.27. The number of likely N-dealkylation sites (tertiary alicyclic amines) is 1. The van der Waals surface area contributed by atoms with E-state index >= 15 is 0 Å². The molecule has 58 heavy (non-hydrogen) atoms. The number of ether oxygens (including phenoxy) is 1. The standard InChI is InChI=1S/C48H55NO8Si/c1-48(2,3)58(38-18-10-5-11-19-38,39-20-12-6-13-21-39)56-31-35-29-40-45(47(54)49(46(40)53)27-15-7-14-22-43(51)52)41-32-55-42(44(35)41)26-23-34(33-16-8-4-9-17-33)28-36-24-25-37(30-50)57-36/h4-6,8-13,16-21,24-25,28,40-42,45,50H,7,14-15,22-23,26-27,29-32H2,1-3H3,(H,51,52)/b34-28-/t40-,41+,42-,45-/m1/s1. The molecule has 0 bridgehead atoms. The number of aliphatic carboxylic acids is 1. The molecule has 1 aromatic heterocycles. The van der Waals surface area contributed by atoms with Crippen LogP contribution in [0.4, 0.5) is 0 Å². The molecule has 3 aliphatic rings. The van der Waals surface area contributed by atoms with Crippen LogP contribution in [0.2, 0.25) is 5.04 Å². The number of fused-ring (bicyclic) bond motifs is 3. The van der Waals surface area contributed by atoms with Gasteiger partial charge in [-0.25, -0.2) is 0 Å². The van der Waals surface area contributed by atoms with E-state index in [-0.39, 0.29) is 41.9 Å². The molecule has 4 aromatic rings. The molecule has 0 radical (unpaired) electrons. The normalized spacial score (nSPS) is 21.1. The van der Waals surface area contributed by atoms with Crippen LogP contribution in [0.5, 0.6) is 0 Å². The number of carboxylic acids is 1.